The van der Waals surface area contributed by atoms with Crippen molar-refractivity contribution < 1.29 is 15.0 Å². The first-order chi connectivity index (χ1) is 7.16. The monoisotopic (exact) mass is 214 g/mol. The predicted molar refractivity (Wildman–Crippen MR) is 54.8 cm³/mol. The number of aliphatic hydroxyl groups is 1. The van der Waals surface area contributed by atoms with E-state index in [0.717, 1.165) is 19.6 Å². The van der Waals surface area contributed by atoms with Crippen molar-refractivity contribution in [1.29, 1.82) is 0 Å². The van der Waals surface area contributed by atoms with Crippen LogP contribution in [0.25, 0.3) is 0 Å². The summed E-state index contributed by atoms with van der Waals surface area (Å²) in [5, 5.41) is 18.4. The first kappa shape index (κ1) is 10.7. The molecule has 0 aromatic rings. The highest BCUT2D eigenvalue weighted by atomic mass is 16.4. The molecule has 0 aliphatic carbocycles. The smallest absolute Gasteiger partial charge is 0.407 e. The Labute approximate surface area is 89.3 Å². The summed E-state index contributed by atoms with van der Waals surface area (Å²) in [7, 11) is 0. The number of amides is 1. The molecule has 1 amide bonds. The molecule has 0 bridgehead atoms. The van der Waals surface area contributed by atoms with Gasteiger partial charge in [-0.25, -0.2) is 4.79 Å². The number of carbonyl (C=O) groups is 1. The van der Waals surface area contributed by atoms with Crippen LogP contribution in [-0.2, 0) is 0 Å². The van der Waals surface area contributed by atoms with Gasteiger partial charge < -0.3 is 20.0 Å². The molecular formula is C10H18N2O3. The van der Waals surface area contributed by atoms with E-state index in [4.69, 9.17) is 5.11 Å². The quantitative estimate of drug-likeness (QED) is 0.689. The fraction of sp³-hybridized carbons (Fsp3) is 0.900. The standard InChI is InChI=1S/C10H18N2O3/c13-9-5-8(12(7-9)10(14)15)6-11-3-1-2-4-11/h8-9,13H,1-7H2,(H,14,15)/t8-,9+/m0/s1. The number of carboxylic acid groups (broad SMARTS) is 1. The number of aliphatic hydroxyl groups excluding tert-OH is 1. The molecule has 2 aliphatic rings. The minimum absolute atomic E-state index is 0.0180. The van der Waals surface area contributed by atoms with Gasteiger partial charge in [0.05, 0.1) is 18.7 Å². The topological polar surface area (TPSA) is 64.0 Å². The van der Waals surface area contributed by atoms with Gasteiger partial charge in [-0.3, -0.25) is 0 Å². The highest BCUT2D eigenvalue weighted by Gasteiger charge is 2.35. The fourth-order valence-corrected chi connectivity index (χ4v) is 2.56. The molecule has 2 aliphatic heterocycles. The van der Waals surface area contributed by atoms with Gasteiger partial charge in [-0.15, -0.1) is 0 Å². The average Bonchev–Trinajstić information content (AvgIpc) is 2.75. The summed E-state index contributed by atoms with van der Waals surface area (Å²) < 4.78 is 0. The Morgan fingerprint density at radius 1 is 1.33 bits per heavy atom. The largest absolute Gasteiger partial charge is 0.465 e. The van der Waals surface area contributed by atoms with Crippen LogP contribution >= 0.6 is 0 Å². The fourth-order valence-electron chi connectivity index (χ4n) is 2.56. The van der Waals surface area contributed by atoms with E-state index in [-0.39, 0.29) is 12.6 Å². The van der Waals surface area contributed by atoms with Gasteiger partial charge in [0.15, 0.2) is 0 Å². The summed E-state index contributed by atoms with van der Waals surface area (Å²) in [5.74, 6) is 0. The molecule has 0 saturated carbocycles. The highest BCUT2D eigenvalue weighted by Crippen LogP contribution is 2.20. The molecule has 2 atom stereocenters. The van der Waals surface area contributed by atoms with Crippen LogP contribution in [-0.4, -0.2) is 64.4 Å². The summed E-state index contributed by atoms with van der Waals surface area (Å²) in [6.45, 7) is 3.19. The van der Waals surface area contributed by atoms with Gasteiger partial charge in [0, 0.05) is 6.54 Å². The Morgan fingerprint density at radius 3 is 2.60 bits per heavy atom. The second-order valence-electron chi connectivity index (χ2n) is 4.49. The van der Waals surface area contributed by atoms with E-state index in [1.165, 1.54) is 17.7 Å². The summed E-state index contributed by atoms with van der Waals surface area (Å²) in [5.41, 5.74) is 0. The number of likely N-dealkylation sites (tertiary alicyclic amines) is 2. The van der Waals surface area contributed by atoms with Crippen molar-refractivity contribution >= 4 is 6.09 Å². The molecule has 0 unspecified atom stereocenters. The van der Waals surface area contributed by atoms with E-state index in [0.29, 0.717) is 6.42 Å². The van der Waals surface area contributed by atoms with Crippen LogP contribution in [0.1, 0.15) is 19.3 Å². The molecule has 2 heterocycles. The Balaban J connectivity index is 1.91. The molecule has 5 nitrogen and oxygen atoms in total. The van der Waals surface area contributed by atoms with Gasteiger partial charge >= 0.3 is 6.09 Å². The van der Waals surface area contributed by atoms with E-state index in [1.54, 1.807) is 0 Å². The zero-order valence-corrected chi connectivity index (χ0v) is 8.80. The van der Waals surface area contributed by atoms with Crippen molar-refractivity contribution in [2.75, 3.05) is 26.2 Å². The van der Waals surface area contributed by atoms with Crippen molar-refractivity contribution in [3.05, 3.63) is 0 Å². The van der Waals surface area contributed by atoms with Crippen LogP contribution in [0.2, 0.25) is 0 Å². The number of hydrogen-bond donors (Lipinski definition) is 2. The second-order valence-corrected chi connectivity index (χ2v) is 4.49. The van der Waals surface area contributed by atoms with Crippen molar-refractivity contribution in [1.82, 2.24) is 9.80 Å². The molecule has 15 heavy (non-hydrogen) atoms. The molecular weight excluding hydrogens is 196 g/mol. The van der Waals surface area contributed by atoms with Gasteiger partial charge in [0.25, 0.3) is 0 Å². The number of hydrogen-bond acceptors (Lipinski definition) is 3. The van der Waals surface area contributed by atoms with E-state index in [2.05, 4.69) is 4.90 Å². The lowest BCUT2D eigenvalue weighted by molar-refractivity contribution is 0.124. The Hall–Kier alpha value is -0.810. The van der Waals surface area contributed by atoms with Crippen molar-refractivity contribution in [2.24, 2.45) is 0 Å². The summed E-state index contributed by atoms with van der Waals surface area (Å²) in [4.78, 5) is 14.6. The van der Waals surface area contributed by atoms with Crippen LogP contribution in [0.15, 0.2) is 0 Å². The Kier molecular flexibility index (Phi) is 3.11. The Morgan fingerprint density at radius 2 is 2.00 bits per heavy atom. The summed E-state index contributed by atoms with van der Waals surface area (Å²) in [6, 6.07) is -0.0180. The second kappa shape index (κ2) is 4.37. The maximum absolute atomic E-state index is 10.9. The minimum Gasteiger partial charge on any atom is -0.465 e. The maximum Gasteiger partial charge on any atom is 0.407 e. The molecule has 2 fully saturated rings. The lowest BCUT2D eigenvalue weighted by Gasteiger charge is -2.25. The minimum atomic E-state index is -0.907. The maximum atomic E-state index is 10.9. The van der Waals surface area contributed by atoms with Gasteiger partial charge in [0.2, 0.25) is 0 Å². The van der Waals surface area contributed by atoms with Crippen LogP contribution in [0.5, 0.6) is 0 Å². The van der Waals surface area contributed by atoms with E-state index < -0.39 is 12.2 Å². The van der Waals surface area contributed by atoms with E-state index in [9.17, 15) is 9.90 Å². The van der Waals surface area contributed by atoms with Crippen LogP contribution in [0.4, 0.5) is 4.79 Å². The third kappa shape index (κ3) is 2.41. The van der Waals surface area contributed by atoms with Crippen molar-refractivity contribution in [3.63, 3.8) is 0 Å². The number of nitrogens with zero attached hydrogens (tertiary/aromatic N) is 2. The Bertz CT molecular complexity index is 241. The van der Waals surface area contributed by atoms with Gasteiger partial charge in [-0.05, 0) is 32.4 Å². The number of β-amino-alcohol motifs (C(OH)–C–C–N with tert-alkyl or cyclic N) is 1. The van der Waals surface area contributed by atoms with Gasteiger partial charge in [-0.1, -0.05) is 0 Å². The van der Waals surface area contributed by atoms with E-state index >= 15 is 0 Å². The molecule has 5 heteroatoms. The lowest BCUT2D eigenvalue weighted by atomic mass is 10.2. The predicted octanol–water partition coefficient (Wildman–Crippen LogP) is 0.195. The molecule has 0 aromatic heterocycles. The SMILES string of the molecule is O=C(O)N1C[C@H](O)C[C@H]1CN1CCCC1. The third-order valence-electron chi connectivity index (χ3n) is 3.31. The molecule has 2 saturated heterocycles. The molecule has 0 aromatic carbocycles. The highest BCUT2D eigenvalue weighted by molar-refractivity contribution is 5.66. The van der Waals surface area contributed by atoms with Crippen LogP contribution in [0.3, 0.4) is 0 Å². The third-order valence-corrected chi connectivity index (χ3v) is 3.31. The molecule has 2 rings (SSSR count). The van der Waals surface area contributed by atoms with Crippen LogP contribution in [0, 0.1) is 0 Å². The van der Waals surface area contributed by atoms with Crippen molar-refractivity contribution in [2.45, 2.75) is 31.4 Å². The lowest BCUT2D eigenvalue weighted by Crippen LogP contribution is -2.41. The summed E-state index contributed by atoms with van der Waals surface area (Å²) in [6.07, 6.45) is 1.62. The van der Waals surface area contributed by atoms with Gasteiger partial charge in [0.1, 0.15) is 0 Å². The van der Waals surface area contributed by atoms with Gasteiger partial charge in [-0.2, -0.15) is 0 Å². The number of rotatable bonds is 2. The summed E-state index contributed by atoms with van der Waals surface area (Å²) >= 11 is 0. The first-order valence-electron chi connectivity index (χ1n) is 5.57. The molecule has 0 radical (unpaired) electrons. The van der Waals surface area contributed by atoms with E-state index in [1.807, 2.05) is 0 Å². The first-order valence-corrected chi connectivity index (χ1v) is 5.57. The normalized spacial score (nSPS) is 32.5. The van der Waals surface area contributed by atoms with Crippen molar-refractivity contribution in [3.8, 4) is 0 Å². The zero-order chi connectivity index (χ0) is 10.8. The zero-order valence-electron chi connectivity index (χ0n) is 8.80. The van der Waals surface area contributed by atoms with Crippen LogP contribution < -0.4 is 0 Å². The molecule has 86 valence electrons. The average molecular weight is 214 g/mol. The molecule has 2 N–H and O–H groups in total. The molecule has 0 spiro atoms.